The summed E-state index contributed by atoms with van der Waals surface area (Å²) in [5.41, 5.74) is 3.41. The zero-order chi connectivity index (χ0) is 19.1. The van der Waals surface area contributed by atoms with Gasteiger partial charge in [-0.15, -0.1) is 0 Å². The molecule has 0 bridgehead atoms. The summed E-state index contributed by atoms with van der Waals surface area (Å²) in [6.07, 6.45) is 0. The van der Waals surface area contributed by atoms with Gasteiger partial charge in [-0.05, 0) is 36.8 Å². The van der Waals surface area contributed by atoms with Crippen LogP contribution in [0, 0.1) is 6.92 Å². The third-order valence-electron chi connectivity index (χ3n) is 4.81. The van der Waals surface area contributed by atoms with Crippen molar-refractivity contribution in [1.82, 2.24) is 5.32 Å². The standard InChI is InChI=1S/C21H27N3O2S/c1-16-6-8-17(9-7-16)20(15-24-10-12-26-13-11-24)23-21(27)22-18-4-3-5-19(14-18)25-2/h3-9,14,20H,10-13,15H2,1-2H3,(H2,22,23,27)/p+1/t20-/m1/s1. The van der Waals surface area contributed by atoms with E-state index in [1.807, 2.05) is 24.3 Å². The van der Waals surface area contributed by atoms with Crippen molar-refractivity contribution < 1.29 is 14.4 Å². The highest BCUT2D eigenvalue weighted by molar-refractivity contribution is 7.80. The molecule has 0 radical (unpaired) electrons. The molecule has 1 aliphatic heterocycles. The van der Waals surface area contributed by atoms with Crippen molar-refractivity contribution >= 4 is 23.0 Å². The molecule has 0 amide bonds. The van der Waals surface area contributed by atoms with Crippen LogP contribution < -0.4 is 20.3 Å². The second-order valence-electron chi connectivity index (χ2n) is 6.86. The van der Waals surface area contributed by atoms with E-state index in [-0.39, 0.29) is 6.04 Å². The molecule has 144 valence electrons. The van der Waals surface area contributed by atoms with E-state index in [0.717, 1.165) is 44.3 Å². The fourth-order valence-corrected chi connectivity index (χ4v) is 3.49. The van der Waals surface area contributed by atoms with Gasteiger partial charge in [0.05, 0.1) is 20.3 Å². The second kappa shape index (κ2) is 9.69. The van der Waals surface area contributed by atoms with Gasteiger partial charge in [-0.2, -0.15) is 0 Å². The predicted octanol–water partition coefficient (Wildman–Crippen LogP) is 1.95. The summed E-state index contributed by atoms with van der Waals surface area (Å²) in [7, 11) is 1.66. The number of nitrogens with one attached hydrogen (secondary N) is 3. The summed E-state index contributed by atoms with van der Waals surface area (Å²) in [4.78, 5) is 1.53. The second-order valence-corrected chi connectivity index (χ2v) is 7.27. The van der Waals surface area contributed by atoms with Crippen molar-refractivity contribution in [3.63, 3.8) is 0 Å². The molecule has 1 aliphatic rings. The lowest BCUT2D eigenvalue weighted by Gasteiger charge is -2.29. The molecule has 0 unspecified atom stereocenters. The highest BCUT2D eigenvalue weighted by atomic mass is 32.1. The zero-order valence-corrected chi connectivity index (χ0v) is 16.8. The Bertz CT molecular complexity index is 745. The van der Waals surface area contributed by atoms with Crippen LogP contribution in [0.1, 0.15) is 17.2 Å². The van der Waals surface area contributed by atoms with E-state index in [9.17, 15) is 0 Å². The average molecular weight is 387 g/mol. The molecular formula is C21H28N3O2S+. The number of anilines is 1. The van der Waals surface area contributed by atoms with Crippen molar-refractivity contribution in [3.8, 4) is 5.75 Å². The van der Waals surface area contributed by atoms with E-state index in [1.54, 1.807) is 7.11 Å². The lowest BCUT2D eigenvalue weighted by molar-refractivity contribution is -0.909. The monoisotopic (exact) mass is 386 g/mol. The molecule has 2 aromatic rings. The van der Waals surface area contributed by atoms with Crippen molar-refractivity contribution in [3.05, 3.63) is 59.7 Å². The molecule has 0 aliphatic carbocycles. The third-order valence-corrected chi connectivity index (χ3v) is 5.03. The maximum Gasteiger partial charge on any atom is 0.171 e. The van der Waals surface area contributed by atoms with Gasteiger partial charge >= 0.3 is 0 Å². The smallest absolute Gasteiger partial charge is 0.171 e. The first-order valence-electron chi connectivity index (χ1n) is 9.33. The molecule has 1 fully saturated rings. The Morgan fingerprint density at radius 1 is 1.19 bits per heavy atom. The van der Waals surface area contributed by atoms with Crippen LogP contribution in [0.5, 0.6) is 5.75 Å². The summed E-state index contributed by atoms with van der Waals surface area (Å²) in [6.45, 7) is 6.77. The normalized spacial score (nSPS) is 15.8. The number of ether oxygens (including phenoxy) is 2. The van der Waals surface area contributed by atoms with E-state index in [2.05, 4.69) is 41.8 Å². The molecule has 1 heterocycles. The van der Waals surface area contributed by atoms with E-state index >= 15 is 0 Å². The maximum absolute atomic E-state index is 5.59. The number of aryl methyl sites for hydroxylation is 1. The van der Waals surface area contributed by atoms with Crippen LogP contribution in [0.15, 0.2) is 48.5 Å². The van der Waals surface area contributed by atoms with E-state index in [4.69, 9.17) is 21.7 Å². The maximum atomic E-state index is 5.59. The minimum atomic E-state index is 0.143. The Morgan fingerprint density at radius 3 is 2.63 bits per heavy atom. The van der Waals surface area contributed by atoms with Crippen molar-refractivity contribution in [2.24, 2.45) is 0 Å². The number of rotatable bonds is 6. The predicted molar refractivity (Wildman–Crippen MR) is 113 cm³/mol. The number of hydrogen-bond donors (Lipinski definition) is 3. The zero-order valence-electron chi connectivity index (χ0n) is 16.0. The number of thiocarbonyl (C=S) groups is 1. The number of morpholine rings is 1. The largest absolute Gasteiger partial charge is 0.497 e. The number of benzene rings is 2. The van der Waals surface area contributed by atoms with Gasteiger partial charge in [-0.3, -0.25) is 0 Å². The molecule has 5 nitrogen and oxygen atoms in total. The molecular weight excluding hydrogens is 358 g/mol. The SMILES string of the molecule is COc1cccc(NC(=S)N[C@H](C[NH+]2CCOCC2)c2ccc(C)cc2)c1. The number of methoxy groups -OCH3 is 1. The van der Waals surface area contributed by atoms with E-state index < -0.39 is 0 Å². The van der Waals surface area contributed by atoms with E-state index in [1.165, 1.54) is 16.0 Å². The first kappa shape index (κ1) is 19.6. The Labute approximate surface area is 166 Å². The van der Waals surface area contributed by atoms with Gasteiger partial charge in [0.2, 0.25) is 0 Å². The number of quaternary nitrogens is 1. The Morgan fingerprint density at radius 2 is 1.93 bits per heavy atom. The summed E-state index contributed by atoms with van der Waals surface area (Å²) < 4.78 is 10.8. The van der Waals surface area contributed by atoms with Crippen LogP contribution in [0.3, 0.4) is 0 Å². The molecule has 0 spiro atoms. The van der Waals surface area contributed by atoms with Crippen molar-refractivity contribution in [2.45, 2.75) is 13.0 Å². The highest BCUT2D eigenvalue weighted by Crippen LogP contribution is 2.17. The molecule has 0 aromatic heterocycles. The minimum absolute atomic E-state index is 0.143. The van der Waals surface area contributed by atoms with Crippen molar-refractivity contribution in [1.29, 1.82) is 0 Å². The van der Waals surface area contributed by atoms with Crippen LogP contribution in [-0.2, 0) is 4.74 Å². The van der Waals surface area contributed by atoms with Crippen LogP contribution in [-0.4, -0.2) is 45.1 Å². The molecule has 6 heteroatoms. The Balaban J connectivity index is 1.69. The lowest BCUT2D eigenvalue weighted by atomic mass is 10.0. The van der Waals surface area contributed by atoms with Crippen LogP contribution in [0.25, 0.3) is 0 Å². The summed E-state index contributed by atoms with van der Waals surface area (Å²) in [5.74, 6) is 0.802. The van der Waals surface area contributed by atoms with Gasteiger partial charge in [-0.25, -0.2) is 0 Å². The van der Waals surface area contributed by atoms with Gasteiger partial charge in [0.15, 0.2) is 5.11 Å². The van der Waals surface area contributed by atoms with Gasteiger partial charge < -0.3 is 25.0 Å². The molecule has 3 rings (SSSR count). The molecule has 27 heavy (non-hydrogen) atoms. The number of hydrogen-bond acceptors (Lipinski definition) is 3. The minimum Gasteiger partial charge on any atom is -0.497 e. The quantitative estimate of drug-likeness (QED) is 0.663. The van der Waals surface area contributed by atoms with Crippen LogP contribution in [0.4, 0.5) is 5.69 Å². The van der Waals surface area contributed by atoms with Crippen molar-refractivity contribution in [2.75, 3.05) is 45.3 Å². The summed E-state index contributed by atoms with van der Waals surface area (Å²) in [6, 6.07) is 16.6. The lowest BCUT2D eigenvalue weighted by Crippen LogP contribution is -3.14. The van der Waals surface area contributed by atoms with E-state index in [0.29, 0.717) is 5.11 Å². The molecule has 3 N–H and O–H groups in total. The molecule has 0 saturated carbocycles. The molecule has 2 aromatic carbocycles. The molecule has 1 saturated heterocycles. The molecule has 1 atom stereocenters. The first-order chi connectivity index (χ1) is 13.1. The van der Waals surface area contributed by atoms with Crippen LogP contribution in [0.2, 0.25) is 0 Å². The van der Waals surface area contributed by atoms with Gasteiger partial charge in [0.25, 0.3) is 0 Å². The Kier molecular flexibility index (Phi) is 7.04. The first-order valence-corrected chi connectivity index (χ1v) is 9.74. The average Bonchev–Trinajstić information content (AvgIpc) is 2.69. The Hall–Kier alpha value is -2.15. The third kappa shape index (κ3) is 5.92. The van der Waals surface area contributed by atoms with Crippen LogP contribution >= 0.6 is 12.2 Å². The summed E-state index contributed by atoms with van der Waals surface area (Å²) >= 11 is 5.59. The summed E-state index contributed by atoms with van der Waals surface area (Å²) in [5, 5.41) is 7.39. The van der Waals surface area contributed by atoms with Gasteiger partial charge in [0.1, 0.15) is 31.4 Å². The van der Waals surface area contributed by atoms with Gasteiger partial charge in [-0.1, -0.05) is 35.9 Å². The fraction of sp³-hybridized carbons (Fsp3) is 0.381. The van der Waals surface area contributed by atoms with Gasteiger partial charge in [0, 0.05) is 11.8 Å². The highest BCUT2D eigenvalue weighted by Gasteiger charge is 2.22. The topological polar surface area (TPSA) is 47.0 Å². The fourth-order valence-electron chi connectivity index (χ4n) is 3.23.